The van der Waals surface area contributed by atoms with Gasteiger partial charge in [0.05, 0.1) is 30.5 Å². The number of hydrogen-bond acceptors (Lipinski definition) is 5. The van der Waals surface area contributed by atoms with Crippen LogP contribution in [0.25, 0.3) is 0 Å². The number of carbonyl (C=O) groups excluding carboxylic acids is 2. The van der Waals surface area contributed by atoms with Crippen molar-refractivity contribution < 1.29 is 28.2 Å². The molecule has 0 radical (unpaired) electrons. The minimum absolute atomic E-state index is 0.0355. The molecule has 0 aliphatic rings. The van der Waals surface area contributed by atoms with Crippen molar-refractivity contribution >= 4 is 29.2 Å². The van der Waals surface area contributed by atoms with Crippen LogP contribution in [0, 0.1) is 5.82 Å². The second-order valence-electron chi connectivity index (χ2n) is 5.23. The summed E-state index contributed by atoms with van der Waals surface area (Å²) in [6.45, 7) is 1.40. The van der Waals surface area contributed by atoms with Crippen molar-refractivity contribution in [3.05, 3.63) is 52.8 Å². The molecule has 26 heavy (non-hydrogen) atoms. The first kappa shape index (κ1) is 19.5. The van der Waals surface area contributed by atoms with E-state index in [4.69, 9.17) is 25.8 Å². The van der Waals surface area contributed by atoms with Crippen LogP contribution in [0.4, 0.5) is 10.1 Å². The number of rotatable bonds is 6. The third-order valence-electron chi connectivity index (χ3n) is 3.47. The third-order valence-corrected chi connectivity index (χ3v) is 3.78. The lowest BCUT2D eigenvalue weighted by Crippen LogP contribution is -2.30. The Kier molecular flexibility index (Phi) is 6.41. The molecule has 2 rings (SSSR count). The normalized spacial score (nSPS) is 11.4. The van der Waals surface area contributed by atoms with Gasteiger partial charge in [0.1, 0.15) is 17.3 Å². The zero-order valence-electron chi connectivity index (χ0n) is 14.3. The summed E-state index contributed by atoms with van der Waals surface area (Å²) in [6.07, 6.45) is -1.13. The summed E-state index contributed by atoms with van der Waals surface area (Å²) >= 11 is 5.82. The van der Waals surface area contributed by atoms with Gasteiger partial charge in [0.2, 0.25) is 0 Å². The largest absolute Gasteiger partial charge is 0.497 e. The summed E-state index contributed by atoms with van der Waals surface area (Å²) in [5.74, 6) is -1.07. The van der Waals surface area contributed by atoms with Crippen LogP contribution in [0.1, 0.15) is 17.3 Å². The Hall–Kier alpha value is -2.80. The lowest BCUT2D eigenvalue weighted by molar-refractivity contribution is -0.123. The Morgan fingerprint density at radius 3 is 2.46 bits per heavy atom. The molecule has 0 bridgehead atoms. The fourth-order valence-corrected chi connectivity index (χ4v) is 2.32. The average molecular weight is 382 g/mol. The molecule has 2 aromatic rings. The number of carbonyl (C=O) groups is 2. The molecule has 0 aliphatic heterocycles. The number of benzene rings is 2. The lowest BCUT2D eigenvalue weighted by Gasteiger charge is -2.16. The molecule has 0 saturated heterocycles. The number of halogens is 2. The third kappa shape index (κ3) is 4.64. The lowest BCUT2D eigenvalue weighted by atomic mass is 10.2. The van der Waals surface area contributed by atoms with Gasteiger partial charge in [-0.3, -0.25) is 4.79 Å². The zero-order chi connectivity index (χ0) is 19.3. The van der Waals surface area contributed by atoms with E-state index in [-0.39, 0.29) is 10.6 Å². The van der Waals surface area contributed by atoms with Crippen LogP contribution in [0.3, 0.4) is 0 Å². The van der Waals surface area contributed by atoms with Crippen molar-refractivity contribution in [3.63, 3.8) is 0 Å². The van der Waals surface area contributed by atoms with Crippen molar-refractivity contribution in [2.45, 2.75) is 13.0 Å². The molecule has 1 amide bonds. The maximum atomic E-state index is 13.1. The Morgan fingerprint density at radius 1 is 1.12 bits per heavy atom. The number of hydrogen-bond donors (Lipinski definition) is 1. The fraction of sp³-hybridized carbons (Fsp3) is 0.222. The molecule has 1 atom stereocenters. The van der Waals surface area contributed by atoms with Crippen LogP contribution < -0.4 is 14.8 Å². The van der Waals surface area contributed by atoms with Crippen LogP contribution in [-0.4, -0.2) is 32.2 Å². The molecule has 0 saturated carbocycles. The summed E-state index contributed by atoms with van der Waals surface area (Å²) in [5.41, 5.74) is 0.325. The highest BCUT2D eigenvalue weighted by Crippen LogP contribution is 2.29. The average Bonchev–Trinajstić information content (AvgIpc) is 2.61. The molecule has 6 nitrogen and oxygen atoms in total. The van der Waals surface area contributed by atoms with Crippen molar-refractivity contribution in [2.24, 2.45) is 0 Å². The SMILES string of the molecule is COc1ccc(OC)c(NC(=O)C(C)OC(=O)c2ccc(F)cc2Cl)c1. The van der Waals surface area contributed by atoms with Crippen LogP contribution in [0.5, 0.6) is 11.5 Å². The first-order valence-electron chi connectivity index (χ1n) is 7.54. The topological polar surface area (TPSA) is 73.9 Å². The predicted molar refractivity (Wildman–Crippen MR) is 94.5 cm³/mol. The molecule has 0 aromatic heterocycles. The standard InChI is InChI=1S/C18H17ClFNO5/c1-10(26-18(23)13-6-4-11(20)8-14(13)19)17(22)21-15-9-12(24-2)5-7-16(15)25-3/h4-10H,1-3H3,(H,21,22). The highest BCUT2D eigenvalue weighted by molar-refractivity contribution is 6.33. The van der Waals surface area contributed by atoms with Gasteiger partial charge in [-0.2, -0.15) is 0 Å². The van der Waals surface area contributed by atoms with Gasteiger partial charge in [-0.25, -0.2) is 9.18 Å². The molecule has 0 fully saturated rings. The molecule has 138 valence electrons. The van der Waals surface area contributed by atoms with Crippen molar-refractivity contribution in [2.75, 3.05) is 19.5 Å². The monoisotopic (exact) mass is 381 g/mol. The summed E-state index contributed by atoms with van der Waals surface area (Å²) in [4.78, 5) is 24.4. The minimum Gasteiger partial charge on any atom is -0.497 e. The van der Waals surface area contributed by atoms with E-state index in [0.717, 1.165) is 12.1 Å². The first-order chi connectivity index (χ1) is 12.3. The molecule has 2 aromatic carbocycles. The van der Waals surface area contributed by atoms with E-state index < -0.39 is 23.8 Å². The van der Waals surface area contributed by atoms with Gasteiger partial charge >= 0.3 is 5.97 Å². The summed E-state index contributed by atoms with van der Waals surface area (Å²) < 4.78 is 28.4. The molecule has 8 heteroatoms. The second-order valence-corrected chi connectivity index (χ2v) is 5.63. The highest BCUT2D eigenvalue weighted by atomic mass is 35.5. The Bertz CT molecular complexity index is 827. The number of anilines is 1. The highest BCUT2D eigenvalue weighted by Gasteiger charge is 2.22. The van der Waals surface area contributed by atoms with E-state index >= 15 is 0 Å². The number of esters is 1. The maximum Gasteiger partial charge on any atom is 0.340 e. The second kappa shape index (κ2) is 8.53. The van der Waals surface area contributed by atoms with Crippen molar-refractivity contribution in [1.82, 2.24) is 0 Å². The van der Waals surface area contributed by atoms with Gasteiger partial charge in [-0.05, 0) is 37.3 Å². The van der Waals surface area contributed by atoms with E-state index in [1.54, 1.807) is 18.2 Å². The molecule has 1 N–H and O–H groups in total. The van der Waals surface area contributed by atoms with Gasteiger partial charge in [0.15, 0.2) is 6.10 Å². The minimum atomic E-state index is -1.13. The zero-order valence-corrected chi connectivity index (χ0v) is 15.1. The molecule has 0 spiro atoms. The van der Waals surface area contributed by atoms with Gasteiger partial charge in [-0.15, -0.1) is 0 Å². The Morgan fingerprint density at radius 2 is 1.85 bits per heavy atom. The van der Waals surface area contributed by atoms with E-state index in [1.165, 1.54) is 27.2 Å². The number of ether oxygens (including phenoxy) is 3. The summed E-state index contributed by atoms with van der Waals surface area (Å²) in [7, 11) is 2.95. The Labute approximate surface area is 154 Å². The number of amides is 1. The maximum absolute atomic E-state index is 13.1. The fourth-order valence-electron chi connectivity index (χ4n) is 2.08. The quantitative estimate of drug-likeness (QED) is 0.773. The van der Waals surface area contributed by atoms with Crippen LogP contribution in [0.15, 0.2) is 36.4 Å². The van der Waals surface area contributed by atoms with Crippen LogP contribution >= 0.6 is 11.6 Å². The summed E-state index contributed by atoms with van der Waals surface area (Å²) in [5, 5.41) is 2.50. The summed E-state index contributed by atoms with van der Waals surface area (Å²) in [6, 6.07) is 8.13. The molecular weight excluding hydrogens is 365 g/mol. The number of methoxy groups -OCH3 is 2. The van der Waals surface area contributed by atoms with Gasteiger partial charge < -0.3 is 19.5 Å². The van der Waals surface area contributed by atoms with Crippen molar-refractivity contribution in [3.8, 4) is 11.5 Å². The van der Waals surface area contributed by atoms with E-state index in [0.29, 0.717) is 17.2 Å². The van der Waals surface area contributed by atoms with Gasteiger partial charge in [-0.1, -0.05) is 11.6 Å². The molecule has 0 heterocycles. The first-order valence-corrected chi connectivity index (χ1v) is 7.92. The van der Waals surface area contributed by atoms with E-state index in [9.17, 15) is 14.0 Å². The predicted octanol–water partition coefficient (Wildman–Crippen LogP) is 3.68. The molecule has 0 aliphatic carbocycles. The van der Waals surface area contributed by atoms with Gasteiger partial charge in [0.25, 0.3) is 5.91 Å². The van der Waals surface area contributed by atoms with Crippen molar-refractivity contribution in [1.29, 1.82) is 0 Å². The van der Waals surface area contributed by atoms with Crippen LogP contribution in [0.2, 0.25) is 5.02 Å². The molecular formula is C18H17ClFNO5. The van der Waals surface area contributed by atoms with E-state index in [2.05, 4.69) is 5.32 Å². The smallest absolute Gasteiger partial charge is 0.340 e. The van der Waals surface area contributed by atoms with Gasteiger partial charge in [0, 0.05) is 6.07 Å². The Balaban J connectivity index is 2.09. The van der Waals surface area contributed by atoms with Crippen LogP contribution in [-0.2, 0) is 9.53 Å². The molecule has 1 unspecified atom stereocenters. The van der Waals surface area contributed by atoms with E-state index in [1.807, 2.05) is 0 Å². The number of nitrogens with one attached hydrogen (secondary N) is 1.